The molecule has 0 aliphatic carbocycles. The molecule has 0 unspecified atom stereocenters. The van der Waals surface area contributed by atoms with E-state index in [0.29, 0.717) is 23.4 Å². The van der Waals surface area contributed by atoms with Gasteiger partial charge in [0.05, 0.1) is 11.5 Å². The summed E-state index contributed by atoms with van der Waals surface area (Å²) >= 11 is 0. The molecule has 2 aromatic carbocycles. The van der Waals surface area contributed by atoms with E-state index in [2.05, 4.69) is 5.32 Å². The number of sulfonamides is 1. The van der Waals surface area contributed by atoms with Gasteiger partial charge in [-0.1, -0.05) is 24.3 Å². The van der Waals surface area contributed by atoms with Gasteiger partial charge in [-0.3, -0.25) is 4.79 Å². The topological polar surface area (TPSA) is 88.8 Å². The minimum atomic E-state index is -3.60. The lowest BCUT2D eigenvalue weighted by molar-refractivity contribution is 0.0984. The average molecular weight is 402 g/mol. The maximum absolute atomic E-state index is 12.8. The number of para-hydroxylation sites is 1. The molecule has 0 saturated carbocycles. The summed E-state index contributed by atoms with van der Waals surface area (Å²) in [7, 11) is -0.695. The van der Waals surface area contributed by atoms with Gasteiger partial charge >= 0.3 is 0 Å². The van der Waals surface area contributed by atoms with Gasteiger partial charge in [0.1, 0.15) is 5.58 Å². The maximum atomic E-state index is 12.8. The van der Waals surface area contributed by atoms with E-state index in [1.165, 1.54) is 26.2 Å². The Morgan fingerprint density at radius 1 is 1.14 bits per heavy atom. The molecule has 1 N–H and O–H groups in total. The summed E-state index contributed by atoms with van der Waals surface area (Å²) in [6.45, 7) is 2.62. The molecule has 1 aromatic heterocycles. The number of amides is 1. The minimum Gasteiger partial charge on any atom is -0.451 e. The molecule has 1 amide bonds. The summed E-state index contributed by atoms with van der Waals surface area (Å²) < 4.78 is 37.0. The molecular formula is C20H22N2O5S. The number of furan rings is 1. The van der Waals surface area contributed by atoms with Crippen molar-refractivity contribution < 1.29 is 22.4 Å². The molecular weight excluding hydrogens is 380 g/mol. The third-order valence-electron chi connectivity index (χ3n) is 4.23. The highest BCUT2D eigenvalue weighted by atomic mass is 32.2. The zero-order chi connectivity index (χ0) is 20.3. The zero-order valence-electron chi connectivity index (χ0n) is 15.9. The Kier molecular flexibility index (Phi) is 5.83. The van der Waals surface area contributed by atoms with Crippen LogP contribution in [-0.2, 0) is 21.4 Å². The first-order valence-electron chi connectivity index (χ1n) is 8.76. The predicted molar refractivity (Wildman–Crippen MR) is 107 cm³/mol. The van der Waals surface area contributed by atoms with Crippen molar-refractivity contribution in [2.45, 2.75) is 18.4 Å². The van der Waals surface area contributed by atoms with Crippen LogP contribution in [0.15, 0.2) is 57.8 Å². The summed E-state index contributed by atoms with van der Waals surface area (Å²) in [4.78, 5) is 12.9. The van der Waals surface area contributed by atoms with Gasteiger partial charge < -0.3 is 14.5 Å². The second kappa shape index (κ2) is 8.14. The molecule has 0 atom stereocenters. The van der Waals surface area contributed by atoms with Crippen LogP contribution in [0.2, 0.25) is 0 Å². The van der Waals surface area contributed by atoms with Crippen LogP contribution >= 0.6 is 0 Å². The minimum absolute atomic E-state index is 0.0921. The first-order valence-corrected chi connectivity index (χ1v) is 10.2. The van der Waals surface area contributed by atoms with E-state index in [1.807, 2.05) is 25.1 Å². The molecule has 3 aromatic rings. The number of benzene rings is 2. The van der Waals surface area contributed by atoms with E-state index in [9.17, 15) is 13.2 Å². The average Bonchev–Trinajstić information content (AvgIpc) is 3.05. The molecule has 7 nitrogen and oxygen atoms in total. The Morgan fingerprint density at radius 2 is 1.89 bits per heavy atom. The lowest BCUT2D eigenvalue weighted by atomic mass is 10.1. The van der Waals surface area contributed by atoms with Crippen molar-refractivity contribution in [2.75, 3.05) is 26.0 Å². The van der Waals surface area contributed by atoms with Gasteiger partial charge in [0.2, 0.25) is 10.0 Å². The molecule has 1 heterocycles. The summed E-state index contributed by atoms with van der Waals surface area (Å²) in [5.74, 6) is -0.319. The van der Waals surface area contributed by atoms with Crippen molar-refractivity contribution in [3.63, 3.8) is 0 Å². The van der Waals surface area contributed by atoms with Crippen molar-refractivity contribution in [2.24, 2.45) is 0 Å². The van der Waals surface area contributed by atoms with Crippen molar-refractivity contribution >= 4 is 32.6 Å². The number of carbonyl (C=O) groups excluding carboxylic acids is 1. The van der Waals surface area contributed by atoms with Crippen LogP contribution in [0, 0.1) is 0 Å². The lowest BCUT2D eigenvalue weighted by Gasteiger charge is -2.12. The summed E-state index contributed by atoms with van der Waals surface area (Å²) in [5.41, 5.74) is 1.61. The highest BCUT2D eigenvalue weighted by molar-refractivity contribution is 7.89. The van der Waals surface area contributed by atoms with Crippen molar-refractivity contribution in [3.05, 3.63) is 59.9 Å². The van der Waals surface area contributed by atoms with Crippen LogP contribution in [0.25, 0.3) is 11.0 Å². The van der Waals surface area contributed by atoms with E-state index in [0.717, 1.165) is 9.69 Å². The largest absolute Gasteiger partial charge is 0.451 e. The monoisotopic (exact) mass is 402 g/mol. The van der Waals surface area contributed by atoms with E-state index in [-0.39, 0.29) is 17.3 Å². The van der Waals surface area contributed by atoms with Crippen molar-refractivity contribution in [1.82, 2.24) is 4.31 Å². The molecule has 0 saturated heterocycles. The zero-order valence-corrected chi connectivity index (χ0v) is 16.7. The number of anilines is 1. The summed E-state index contributed by atoms with van der Waals surface area (Å²) in [6, 6.07) is 13.4. The van der Waals surface area contributed by atoms with E-state index >= 15 is 0 Å². The number of rotatable bonds is 7. The highest BCUT2D eigenvalue weighted by Gasteiger charge is 2.22. The number of ether oxygens (including phenoxy) is 1. The van der Waals surface area contributed by atoms with Crippen LogP contribution in [0.4, 0.5) is 5.69 Å². The second-order valence-electron chi connectivity index (χ2n) is 6.31. The van der Waals surface area contributed by atoms with Gasteiger partial charge in [0.15, 0.2) is 5.76 Å². The van der Waals surface area contributed by atoms with E-state index in [4.69, 9.17) is 9.15 Å². The van der Waals surface area contributed by atoms with Crippen molar-refractivity contribution in [3.8, 4) is 0 Å². The molecule has 0 spiro atoms. The predicted octanol–water partition coefficient (Wildman–Crippen LogP) is 3.47. The molecule has 3 rings (SSSR count). The Labute approximate surface area is 163 Å². The van der Waals surface area contributed by atoms with Crippen LogP contribution in [-0.4, -0.2) is 39.3 Å². The number of fused-ring (bicyclic) bond motifs is 1. The fraction of sp³-hybridized carbons (Fsp3) is 0.250. The fourth-order valence-corrected chi connectivity index (χ4v) is 3.71. The Hall–Kier alpha value is -2.68. The number of nitrogens with zero attached hydrogens (tertiary/aromatic N) is 1. The summed E-state index contributed by atoms with van der Waals surface area (Å²) in [6.07, 6.45) is 0. The normalized spacial score (nSPS) is 11.9. The van der Waals surface area contributed by atoms with Gasteiger partial charge in [-0.05, 0) is 31.2 Å². The van der Waals surface area contributed by atoms with E-state index < -0.39 is 15.9 Å². The van der Waals surface area contributed by atoms with Gasteiger partial charge in [0.25, 0.3) is 5.91 Å². The number of nitrogens with one attached hydrogen (secondary N) is 1. The Bertz CT molecular complexity index is 1100. The second-order valence-corrected chi connectivity index (χ2v) is 8.46. The van der Waals surface area contributed by atoms with Crippen LogP contribution in [0.1, 0.15) is 23.0 Å². The first-order chi connectivity index (χ1) is 13.3. The molecule has 148 valence electrons. The van der Waals surface area contributed by atoms with Gasteiger partial charge in [-0.15, -0.1) is 0 Å². The molecule has 28 heavy (non-hydrogen) atoms. The summed E-state index contributed by atoms with van der Waals surface area (Å²) in [5, 5.41) is 3.53. The van der Waals surface area contributed by atoms with Crippen LogP contribution in [0.5, 0.6) is 0 Å². The van der Waals surface area contributed by atoms with Crippen molar-refractivity contribution in [1.29, 1.82) is 0 Å². The molecule has 0 bridgehead atoms. The maximum Gasteiger partial charge on any atom is 0.291 e. The van der Waals surface area contributed by atoms with Crippen LogP contribution in [0.3, 0.4) is 0 Å². The number of hydrogen-bond acceptors (Lipinski definition) is 5. The Morgan fingerprint density at radius 3 is 2.61 bits per heavy atom. The third kappa shape index (κ3) is 3.94. The standard InChI is InChI=1S/C20H22N2O5S/c1-4-26-13-17-16-10-5-6-11-18(16)27-19(17)20(23)21-14-8-7-9-15(12-14)28(24,25)22(2)3/h5-12H,4,13H2,1-3H3,(H,21,23). The SMILES string of the molecule is CCOCc1c(C(=O)Nc2cccc(S(=O)(=O)N(C)C)c2)oc2ccccc12. The fourth-order valence-electron chi connectivity index (χ4n) is 2.76. The molecule has 0 fully saturated rings. The molecule has 8 heteroatoms. The smallest absolute Gasteiger partial charge is 0.291 e. The van der Waals surface area contributed by atoms with E-state index in [1.54, 1.807) is 18.2 Å². The third-order valence-corrected chi connectivity index (χ3v) is 6.04. The quantitative estimate of drug-likeness (QED) is 0.654. The van der Waals surface area contributed by atoms with Gasteiger partial charge in [-0.2, -0.15) is 0 Å². The molecule has 0 aliphatic rings. The Balaban J connectivity index is 1.94. The number of hydrogen-bond donors (Lipinski definition) is 1. The molecule has 0 radical (unpaired) electrons. The first kappa shape index (κ1) is 20.1. The van der Waals surface area contributed by atoms with Gasteiger partial charge in [0, 0.05) is 37.3 Å². The number of carbonyl (C=O) groups is 1. The van der Waals surface area contributed by atoms with Gasteiger partial charge in [-0.25, -0.2) is 12.7 Å². The van der Waals surface area contributed by atoms with Crippen LogP contribution < -0.4 is 5.32 Å². The highest BCUT2D eigenvalue weighted by Crippen LogP contribution is 2.28. The lowest BCUT2D eigenvalue weighted by Crippen LogP contribution is -2.22. The molecule has 0 aliphatic heterocycles.